The Hall–Kier alpha value is -0.430. The third-order valence-electron chi connectivity index (χ3n) is 3.51. The maximum absolute atomic E-state index is 12.6. The summed E-state index contributed by atoms with van der Waals surface area (Å²) in [6.45, 7) is 4.37. The van der Waals surface area contributed by atoms with Gasteiger partial charge in [-0.3, -0.25) is 0 Å². The van der Waals surface area contributed by atoms with E-state index in [2.05, 4.69) is 0 Å². The molecule has 2 rings (SSSR count). The summed E-state index contributed by atoms with van der Waals surface area (Å²) in [4.78, 5) is 0. The molecule has 2 N–H and O–H groups in total. The van der Waals surface area contributed by atoms with E-state index in [1.165, 1.54) is 11.3 Å². The molecule has 2 unspecified atom stereocenters. The lowest BCUT2D eigenvalue weighted by Gasteiger charge is -2.37. The van der Waals surface area contributed by atoms with E-state index >= 15 is 0 Å². The van der Waals surface area contributed by atoms with Crippen LogP contribution in [0.2, 0.25) is 0 Å². The topological polar surface area (TPSA) is 63.4 Å². The Kier molecular flexibility index (Phi) is 4.11. The first-order chi connectivity index (χ1) is 8.46. The highest BCUT2D eigenvalue weighted by Gasteiger charge is 2.36. The van der Waals surface area contributed by atoms with E-state index in [0.717, 1.165) is 24.8 Å². The molecule has 6 heteroatoms. The Morgan fingerprint density at radius 3 is 2.50 bits per heavy atom. The Labute approximate surface area is 113 Å². The molecule has 0 aromatic carbocycles. The number of thiophene rings is 1. The minimum Gasteiger partial charge on any atom is -0.326 e. The molecule has 0 amide bonds. The standard InChI is InChI=1S/C12H20N2O2S2/c1-9-4-3-5-10(2)14(9)18(15,16)12-6-11(7-13)8-17-12/h6,8-10H,3-5,7,13H2,1-2H3. The van der Waals surface area contributed by atoms with Gasteiger partial charge in [-0.05, 0) is 43.7 Å². The molecular weight excluding hydrogens is 268 g/mol. The molecular formula is C12H20N2O2S2. The van der Waals surface area contributed by atoms with Crippen molar-refractivity contribution in [3.05, 3.63) is 17.0 Å². The lowest BCUT2D eigenvalue weighted by atomic mass is 10.0. The molecule has 2 heterocycles. The molecule has 1 aliphatic rings. The fraction of sp³-hybridized carbons (Fsp3) is 0.667. The predicted molar refractivity (Wildman–Crippen MR) is 74.0 cm³/mol. The van der Waals surface area contributed by atoms with Crippen LogP contribution in [0.4, 0.5) is 0 Å². The van der Waals surface area contributed by atoms with Crippen molar-refractivity contribution in [1.29, 1.82) is 0 Å². The highest BCUT2D eigenvalue weighted by Crippen LogP contribution is 2.32. The third kappa shape index (κ3) is 2.47. The van der Waals surface area contributed by atoms with E-state index < -0.39 is 10.0 Å². The zero-order chi connectivity index (χ0) is 13.3. The average Bonchev–Trinajstić information content (AvgIpc) is 2.77. The first-order valence-electron chi connectivity index (χ1n) is 6.28. The van der Waals surface area contributed by atoms with Crippen molar-refractivity contribution in [2.45, 2.75) is 55.9 Å². The number of nitrogens with two attached hydrogens (primary N) is 1. The van der Waals surface area contributed by atoms with E-state index in [1.54, 1.807) is 10.4 Å². The van der Waals surface area contributed by atoms with Gasteiger partial charge in [0.2, 0.25) is 0 Å². The van der Waals surface area contributed by atoms with Gasteiger partial charge in [0.15, 0.2) is 0 Å². The van der Waals surface area contributed by atoms with Gasteiger partial charge in [0.1, 0.15) is 4.21 Å². The zero-order valence-electron chi connectivity index (χ0n) is 10.8. The number of nitrogens with zero attached hydrogens (tertiary/aromatic N) is 1. The molecule has 0 saturated carbocycles. The third-order valence-corrected chi connectivity index (χ3v) is 7.10. The predicted octanol–water partition coefficient (Wildman–Crippen LogP) is 2.16. The van der Waals surface area contributed by atoms with Gasteiger partial charge in [0.25, 0.3) is 10.0 Å². The molecule has 1 fully saturated rings. The maximum atomic E-state index is 12.6. The largest absolute Gasteiger partial charge is 0.326 e. The number of sulfonamides is 1. The average molecular weight is 288 g/mol. The van der Waals surface area contributed by atoms with Crippen LogP contribution < -0.4 is 5.73 Å². The van der Waals surface area contributed by atoms with Crippen LogP contribution in [-0.4, -0.2) is 24.8 Å². The van der Waals surface area contributed by atoms with Crippen LogP contribution in [0.25, 0.3) is 0 Å². The van der Waals surface area contributed by atoms with E-state index in [4.69, 9.17) is 5.73 Å². The molecule has 2 atom stereocenters. The molecule has 1 aliphatic heterocycles. The second-order valence-electron chi connectivity index (χ2n) is 4.94. The molecule has 4 nitrogen and oxygen atoms in total. The zero-order valence-corrected chi connectivity index (χ0v) is 12.4. The number of rotatable bonds is 3. The van der Waals surface area contributed by atoms with Crippen molar-refractivity contribution in [2.75, 3.05) is 0 Å². The first kappa shape index (κ1) is 14.0. The van der Waals surface area contributed by atoms with Crippen molar-refractivity contribution in [1.82, 2.24) is 4.31 Å². The van der Waals surface area contributed by atoms with Gasteiger partial charge in [-0.15, -0.1) is 11.3 Å². The quantitative estimate of drug-likeness (QED) is 0.927. The summed E-state index contributed by atoms with van der Waals surface area (Å²) < 4.78 is 27.4. The molecule has 1 aromatic rings. The normalized spacial score (nSPS) is 26.4. The van der Waals surface area contributed by atoms with Crippen molar-refractivity contribution < 1.29 is 8.42 Å². The van der Waals surface area contributed by atoms with Crippen LogP contribution in [0, 0.1) is 0 Å². The number of piperidine rings is 1. The summed E-state index contributed by atoms with van der Waals surface area (Å²) >= 11 is 1.27. The number of hydrogen-bond donors (Lipinski definition) is 1. The van der Waals surface area contributed by atoms with Gasteiger partial charge in [-0.2, -0.15) is 4.31 Å². The highest BCUT2D eigenvalue weighted by atomic mass is 32.2. The van der Waals surface area contributed by atoms with Crippen LogP contribution in [0.15, 0.2) is 15.7 Å². The molecule has 0 bridgehead atoms. The van der Waals surface area contributed by atoms with E-state index in [1.807, 2.05) is 19.2 Å². The molecule has 0 spiro atoms. The maximum Gasteiger partial charge on any atom is 0.253 e. The van der Waals surface area contributed by atoms with Gasteiger partial charge >= 0.3 is 0 Å². The fourth-order valence-corrected chi connectivity index (χ4v) is 5.78. The first-order valence-corrected chi connectivity index (χ1v) is 8.59. The van der Waals surface area contributed by atoms with E-state index in [9.17, 15) is 8.42 Å². The molecule has 0 aliphatic carbocycles. The van der Waals surface area contributed by atoms with Crippen molar-refractivity contribution >= 4 is 21.4 Å². The number of hydrogen-bond acceptors (Lipinski definition) is 4. The second kappa shape index (κ2) is 5.28. The summed E-state index contributed by atoms with van der Waals surface area (Å²) in [6.07, 6.45) is 2.99. The van der Waals surface area contributed by atoms with Crippen LogP contribution in [0.5, 0.6) is 0 Å². The Morgan fingerprint density at radius 1 is 1.39 bits per heavy atom. The van der Waals surface area contributed by atoms with Crippen molar-refractivity contribution in [3.8, 4) is 0 Å². The smallest absolute Gasteiger partial charge is 0.253 e. The van der Waals surface area contributed by atoms with E-state index in [0.29, 0.717) is 10.8 Å². The monoisotopic (exact) mass is 288 g/mol. The van der Waals surface area contributed by atoms with Crippen molar-refractivity contribution in [3.63, 3.8) is 0 Å². The lowest BCUT2D eigenvalue weighted by Crippen LogP contribution is -2.47. The Bertz CT molecular complexity index is 500. The van der Waals surface area contributed by atoms with Gasteiger partial charge in [-0.1, -0.05) is 6.42 Å². The Balaban J connectivity index is 2.34. The highest BCUT2D eigenvalue weighted by molar-refractivity contribution is 7.91. The molecule has 102 valence electrons. The van der Waals surface area contributed by atoms with Gasteiger partial charge < -0.3 is 5.73 Å². The Morgan fingerprint density at radius 2 is 2.00 bits per heavy atom. The second-order valence-corrected chi connectivity index (χ2v) is 7.92. The summed E-state index contributed by atoms with van der Waals surface area (Å²) in [5.41, 5.74) is 6.42. The lowest BCUT2D eigenvalue weighted by molar-refractivity contribution is 0.204. The minimum absolute atomic E-state index is 0.0853. The SMILES string of the molecule is CC1CCCC(C)N1S(=O)(=O)c1cc(CN)cs1. The summed E-state index contributed by atoms with van der Waals surface area (Å²) in [5, 5.41) is 1.83. The molecule has 1 saturated heterocycles. The van der Waals surface area contributed by atoms with Crippen molar-refractivity contribution in [2.24, 2.45) is 5.73 Å². The van der Waals surface area contributed by atoms with Crippen LogP contribution in [0.3, 0.4) is 0 Å². The van der Waals surface area contributed by atoms with E-state index in [-0.39, 0.29) is 12.1 Å². The van der Waals surface area contributed by atoms with Crippen LogP contribution in [-0.2, 0) is 16.6 Å². The van der Waals surface area contributed by atoms with Gasteiger partial charge in [0.05, 0.1) is 0 Å². The van der Waals surface area contributed by atoms with Crippen LogP contribution >= 0.6 is 11.3 Å². The molecule has 1 aromatic heterocycles. The summed E-state index contributed by atoms with van der Waals surface area (Å²) in [7, 11) is -3.35. The van der Waals surface area contributed by atoms with Gasteiger partial charge in [-0.25, -0.2) is 8.42 Å². The fourth-order valence-electron chi connectivity index (χ4n) is 2.57. The summed E-state index contributed by atoms with van der Waals surface area (Å²) in [5.74, 6) is 0. The van der Waals surface area contributed by atoms with Gasteiger partial charge in [0, 0.05) is 18.6 Å². The minimum atomic E-state index is -3.35. The molecule has 18 heavy (non-hydrogen) atoms. The van der Waals surface area contributed by atoms with Crippen LogP contribution in [0.1, 0.15) is 38.7 Å². The summed E-state index contributed by atoms with van der Waals surface area (Å²) in [6, 6.07) is 1.87. The molecule has 0 radical (unpaired) electrons.